The van der Waals surface area contributed by atoms with Gasteiger partial charge in [0.2, 0.25) is 11.8 Å². The summed E-state index contributed by atoms with van der Waals surface area (Å²) in [6, 6.07) is 6.34. The van der Waals surface area contributed by atoms with Crippen molar-refractivity contribution in [3.05, 3.63) is 34.9 Å². The molecule has 1 aromatic rings. The third-order valence-electron chi connectivity index (χ3n) is 4.08. The number of ether oxygens (including phenoxy) is 1. The van der Waals surface area contributed by atoms with Gasteiger partial charge in [0.25, 0.3) is 0 Å². The summed E-state index contributed by atoms with van der Waals surface area (Å²) in [5.41, 5.74) is 0.625. The maximum Gasteiger partial charge on any atom is 0.307 e. The molecule has 0 heterocycles. The molecule has 0 radical (unpaired) electrons. The van der Waals surface area contributed by atoms with Crippen molar-refractivity contribution >= 4 is 29.4 Å². The van der Waals surface area contributed by atoms with E-state index in [0.717, 1.165) is 6.42 Å². The maximum absolute atomic E-state index is 12.1. The molecule has 6 nitrogen and oxygen atoms in total. The molecule has 1 aliphatic rings. The van der Waals surface area contributed by atoms with E-state index in [-0.39, 0.29) is 30.7 Å². The van der Waals surface area contributed by atoms with Crippen LogP contribution >= 0.6 is 11.6 Å². The van der Waals surface area contributed by atoms with E-state index in [4.69, 9.17) is 11.6 Å². The first-order chi connectivity index (χ1) is 11.4. The minimum atomic E-state index is -0.615. The fraction of sp³-hybridized carbons (Fsp3) is 0.471. The lowest BCUT2D eigenvalue weighted by molar-refractivity contribution is -0.141. The minimum absolute atomic E-state index is 0.00670. The van der Waals surface area contributed by atoms with E-state index in [9.17, 15) is 14.4 Å². The zero-order chi connectivity index (χ0) is 17.7. The molecule has 1 saturated carbocycles. The lowest BCUT2D eigenvalue weighted by Crippen LogP contribution is -2.40. The van der Waals surface area contributed by atoms with Crippen molar-refractivity contribution in [3.63, 3.8) is 0 Å². The number of hydrogen-bond acceptors (Lipinski definition) is 4. The van der Waals surface area contributed by atoms with Crippen LogP contribution in [0.4, 0.5) is 0 Å². The van der Waals surface area contributed by atoms with E-state index < -0.39 is 12.0 Å². The topological polar surface area (TPSA) is 84.5 Å². The van der Waals surface area contributed by atoms with E-state index in [1.54, 1.807) is 24.3 Å². The Hall–Kier alpha value is -2.08. The Labute approximate surface area is 145 Å². The van der Waals surface area contributed by atoms with Crippen LogP contribution in [0.1, 0.15) is 31.4 Å². The van der Waals surface area contributed by atoms with Crippen molar-refractivity contribution in [2.24, 2.45) is 11.8 Å². The standard InChI is InChI=1S/C17H21ClN2O4/c1-10-7-12(10)17(23)19-9-15(21)20-14(8-16(22)24-2)11-5-3-4-6-13(11)18/h3-6,10,12,14H,7-9H2,1-2H3,(H,19,23)(H,20,21)/t10-,12+,14+/m1/s1. The third kappa shape index (κ3) is 4.96. The molecule has 7 heteroatoms. The summed E-state index contributed by atoms with van der Waals surface area (Å²) in [6.45, 7) is 1.86. The summed E-state index contributed by atoms with van der Waals surface area (Å²) in [7, 11) is 1.28. The molecule has 130 valence electrons. The molecule has 2 rings (SSSR count). The van der Waals surface area contributed by atoms with Crippen LogP contribution in [0.2, 0.25) is 5.02 Å². The molecule has 1 aliphatic carbocycles. The zero-order valence-electron chi connectivity index (χ0n) is 13.7. The molecular formula is C17H21ClN2O4. The summed E-state index contributed by atoms with van der Waals surface area (Å²) in [5.74, 6) is -0.572. The molecular weight excluding hydrogens is 332 g/mol. The normalized spacial score (nSPS) is 20.0. The molecule has 0 spiro atoms. The number of amides is 2. The van der Waals surface area contributed by atoms with Crippen LogP contribution in [0.3, 0.4) is 0 Å². The lowest BCUT2D eigenvalue weighted by Gasteiger charge is -2.19. The van der Waals surface area contributed by atoms with Crippen molar-refractivity contribution in [3.8, 4) is 0 Å². The second kappa shape index (κ2) is 8.15. The van der Waals surface area contributed by atoms with Gasteiger partial charge in [-0.25, -0.2) is 0 Å². The number of halogens is 1. The van der Waals surface area contributed by atoms with E-state index in [1.807, 2.05) is 6.92 Å². The molecule has 1 aromatic carbocycles. The summed E-state index contributed by atoms with van der Waals surface area (Å²) in [4.78, 5) is 35.5. The van der Waals surface area contributed by atoms with Crippen LogP contribution in [0.25, 0.3) is 0 Å². The summed E-state index contributed by atoms with van der Waals surface area (Å²) >= 11 is 6.15. The van der Waals surface area contributed by atoms with Gasteiger partial charge in [-0.15, -0.1) is 0 Å². The van der Waals surface area contributed by atoms with Crippen LogP contribution in [0.15, 0.2) is 24.3 Å². The Bertz CT molecular complexity index is 635. The van der Waals surface area contributed by atoms with E-state index in [2.05, 4.69) is 15.4 Å². The first kappa shape index (κ1) is 18.3. The zero-order valence-corrected chi connectivity index (χ0v) is 14.4. The average Bonchev–Trinajstić information content (AvgIpc) is 3.29. The van der Waals surface area contributed by atoms with Gasteiger partial charge in [-0.05, 0) is 24.0 Å². The molecule has 3 atom stereocenters. The largest absolute Gasteiger partial charge is 0.469 e. The Morgan fingerprint density at radius 2 is 2.00 bits per heavy atom. The number of nitrogens with one attached hydrogen (secondary N) is 2. The third-order valence-corrected chi connectivity index (χ3v) is 4.43. The van der Waals surface area contributed by atoms with Crippen molar-refractivity contribution in [1.29, 1.82) is 0 Å². The first-order valence-electron chi connectivity index (χ1n) is 7.80. The van der Waals surface area contributed by atoms with Crippen molar-refractivity contribution < 1.29 is 19.1 Å². The Morgan fingerprint density at radius 3 is 2.58 bits per heavy atom. The van der Waals surface area contributed by atoms with E-state index >= 15 is 0 Å². The number of rotatable bonds is 7. The van der Waals surface area contributed by atoms with Crippen LogP contribution < -0.4 is 10.6 Å². The highest BCUT2D eigenvalue weighted by molar-refractivity contribution is 6.31. The van der Waals surface area contributed by atoms with Gasteiger partial charge in [-0.1, -0.05) is 36.7 Å². The highest BCUT2D eigenvalue weighted by Gasteiger charge is 2.39. The fourth-order valence-electron chi connectivity index (χ4n) is 2.48. The highest BCUT2D eigenvalue weighted by Crippen LogP contribution is 2.37. The molecule has 0 aliphatic heterocycles. The first-order valence-corrected chi connectivity index (χ1v) is 8.18. The molecule has 0 unspecified atom stereocenters. The highest BCUT2D eigenvalue weighted by atomic mass is 35.5. The fourth-order valence-corrected chi connectivity index (χ4v) is 2.75. The number of benzene rings is 1. The van der Waals surface area contributed by atoms with E-state index in [1.165, 1.54) is 7.11 Å². The Morgan fingerprint density at radius 1 is 1.33 bits per heavy atom. The second-order valence-electron chi connectivity index (χ2n) is 5.96. The number of methoxy groups -OCH3 is 1. The van der Waals surface area contributed by atoms with Crippen molar-refractivity contribution in [1.82, 2.24) is 10.6 Å². The van der Waals surface area contributed by atoms with Gasteiger partial charge >= 0.3 is 5.97 Å². The number of carbonyl (C=O) groups excluding carboxylic acids is 3. The molecule has 0 aromatic heterocycles. The van der Waals surface area contributed by atoms with Gasteiger partial charge < -0.3 is 15.4 Å². The quantitative estimate of drug-likeness (QED) is 0.733. The monoisotopic (exact) mass is 352 g/mol. The van der Waals surface area contributed by atoms with Gasteiger partial charge in [0, 0.05) is 10.9 Å². The predicted octanol–water partition coefficient (Wildman–Crippen LogP) is 1.83. The molecule has 1 fully saturated rings. The lowest BCUT2D eigenvalue weighted by atomic mass is 10.0. The molecule has 2 amide bonds. The Balaban J connectivity index is 1.96. The summed E-state index contributed by atoms with van der Waals surface area (Å²) in [5, 5.41) is 5.79. The van der Waals surface area contributed by atoms with Crippen molar-refractivity contribution in [2.75, 3.05) is 13.7 Å². The Kier molecular flexibility index (Phi) is 6.20. The van der Waals surface area contributed by atoms with Crippen LogP contribution in [0.5, 0.6) is 0 Å². The molecule has 0 bridgehead atoms. The predicted molar refractivity (Wildman–Crippen MR) is 89.2 cm³/mol. The van der Waals surface area contributed by atoms with Crippen molar-refractivity contribution in [2.45, 2.75) is 25.8 Å². The second-order valence-corrected chi connectivity index (χ2v) is 6.37. The summed E-state index contributed by atoms with van der Waals surface area (Å²) in [6.07, 6.45) is 0.817. The molecule has 24 heavy (non-hydrogen) atoms. The van der Waals surface area contributed by atoms with Crippen LogP contribution in [0, 0.1) is 11.8 Å². The average molecular weight is 353 g/mol. The molecule has 2 N–H and O–H groups in total. The van der Waals surface area contributed by atoms with E-state index in [0.29, 0.717) is 16.5 Å². The number of hydrogen-bond donors (Lipinski definition) is 2. The maximum atomic E-state index is 12.1. The van der Waals surface area contributed by atoms with Gasteiger partial charge in [0.05, 0.1) is 26.1 Å². The van der Waals surface area contributed by atoms with Crippen LogP contribution in [-0.4, -0.2) is 31.4 Å². The number of esters is 1. The van der Waals surface area contributed by atoms with Crippen LogP contribution in [-0.2, 0) is 19.1 Å². The molecule has 0 saturated heterocycles. The van der Waals surface area contributed by atoms with Gasteiger partial charge in [-0.2, -0.15) is 0 Å². The smallest absolute Gasteiger partial charge is 0.307 e. The van der Waals surface area contributed by atoms with Gasteiger partial charge in [-0.3, -0.25) is 14.4 Å². The minimum Gasteiger partial charge on any atom is -0.469 e. The SMILES string of the molecule is COC(=O)C[C@H](NC(=O)CNC(=O)[C@H]1C[C@H]1C)c1ccccc1Cl. The summed E-state index contributed by atoms with van der Waals surface area (Å²) < 4.78 is 4.67. The number of carbonyl (C=O) groups is 3. The van der Waals surface area contributed by atoms with Gasteiger partial charge in [0.1, 0.15) is 0 Å². The van der Waals surface area contributed by atoms with Gasteiger partial charge in [0.15, 0.2) is 0 Å².